The van der Waals surface area contributed by atoms with Crippen LogP contribution in [0.15, 0.2) is 48.5 Å². The van der Waals surface area contributed by atoms with Crippen molar-refractivity contribution in [3.63, 3.8) is 0 Å². The van der Waals surface area contributed by atoms with E-state index < -0.39 is 6.10 Å². The second kappa shape index (κ2) is 5.88. The Labute approximate surface area is 128 Å². The highest BCUT2D eigenvalue weighted by atomic mass is 35.5. The predicted octanol–water partition coefficient (Wildman–Crippen LogP) is 3.37. The average Bonchev–Trinajstić information content (AvgIpc) is 2.78. The zero-order chi connectivity index (χ0) is 14.8. The molecule has 1 unspecified atom stereocenters. The van der Waals surface area contributed by atoms with Gasteiger partial charge in [0.25, 0.3) is 0 Å². The van der Waals surface area contributed by atoms with E-state index in [-0.39, 0.29) is 0 Å². The van der Waals surface area contributed by atoms with Crippen LogP contribution in [0.4, 0.5) is 0 Å². The number of imidazole rings is 1. The van der Waals surface area contributed by atoms with Gasteiger partial charge in [-0.15, -0.1) is 0 Å². The topological polar surface area (TPSA) is 38.0 Å². The minimum atomic E-state index is -0.500. The van der Waals surface area contributed by atoms with Crippen LogP contribution >= 0.6 is 11.6 Å². The molecule has 3 aromatic rings. The highest BCUT2D eigenvalue weighted by molar-refractivity contribution is 6.31. The first-order valence-electron chi connectivity index (χ1n) is 6.97. The molecule has 1 heterocycles. The van der Waals surface area contributed by atoms with Gasteiger partial charge in [-0.25, -0.2) is 4.98 Å². The number of fused-ring (bicyclic) bond motifs is 1. The van der Waals surface area contributed by atoms with Crippen LogP contribution < -0.4 is 0 Å². The highest BCUT2D eigenvalue weighted by Gasteiger charge is 2.14. The summed E-state index contributed by atoms with van der Waals surface area (Å²) < 4.78 is 2.03. The van der Waals surface area contributed by atoms with Crippen molar-refractivity contribution in [1.29, 1.82) is 0 Å². The molecule has 0 amide bonds. The van der Waals surface area contributed by atoms with E-state index in [0.717, 1.165) is 22.4 Å². The second-order valence-electron chi connectivity index (χ2n) is 5.23. The first kappa shape index (κ1) is 14.1. The molecule has 0 saturated heterocycles. The zero-order valence-corrected chi connectivity index (χ0v) is 12.6. The quantitative estimate of drug-likeness (QED) is 0.802. The maximum atomic E-state index is 10.3. The van der Waals surface area contributed by atoms with Crippen LogP contribution in [0.3, 0.4) is 0 Å². The lowest BCUT2D eigenvalue weighted by Crippen LogP contribution is -2.16. The molecule has 0 radical (unpaired) electrons. The minimum Gasteiger partial charge on any atom is -0.392 e. The van der Waals surface area contributed by atoms with Gasteiger partial charge in [0.05, 0.1) is 17.1 Å². The van der Waals surface area contributed by atoms with Gasteiger partial charge in [0.15, 0.2) is 0 Å². The summed E-state index contributed by atoms with van der Waals surface area (Å²) >= 11 is 6.13. The molecular formula is C17H17ClN2O. The van der Waals surface area contributed by atoms with Gasteiger partial charge in [-0.1, -0.05) is 41.9 Å². The van der Waals surface area contributed by atoms with Crippen LogP contribution in [0.2, 0.25) is 5.02 Å². The van der Waals surface area contributed by atoms with Gasteiger partial charge in [0, 0.05) is 24.9 Å². The predicted molar refractivity (Wildman–Crippen MR) is 85.6 cm³/mol. The largest absolute Gasteiger partial charge is 0.392 e. The Kier molecular flexibility index (Phi) is 3.95. The molecule has 1 atom stereocenters. The summed E-state index contributed by atoms with van der Waals surface area (Å²) in [6.45, 7) is 0. The zero-order valence-electron chi connectivity index (χ0n) is 11.8. The number of aryl methyl sites for hydroxylation is 1. The summed E-state index contributed by atoms with van der Waals surface area (Å²) in [6, 6.07) is 15.6. The smallest absolute Gasteiger partial charge is 0.112 e. The van der Waals surface area contributed by atoms with Crippen molar-refractivity contribution in [3.8, 4) is 0 Å². The molecule has 3 rings (SSSR count). The molecule has 21 heavy (non-hydrogen) atoms. The van der Waals surface area contributed by atoms with E-state index in [1.165, 1.54) is 0 Å². The molecule has 3 nitrogen and oxygen atoms in total. The SMILES string of the molecule is Cn1c(CC(O)Cc2ccccc2Cl)nc2ccccc21. The number of hydrogen-bond donors (Lipinski definition) is 1. The first-order valence-corrected chi connectivity index (χ1v) is 7.35. The van der Waals surface area contributed by atoms with Gasteiger partial charge in [-0.2, -0.15) is 0 Å². The fourth-order valence-electron chi connectivity index (χ4n) is 2.58. The molecule has 0 aliphatic rings. The molecule has 0 bridgehead atoms. The maximum Gasteiger partial charge on any atom is 0.112 e. The number of para-hydroxylation sites is 2. The lowest BCUT2D eigenvalue weighted by molar-refractivity contribution is 0.172. The number of hydrogen-bond acceptors (Lipinski definition) is 2. The Bertz CT molecular complexity index is 766. The Balaban J connectivity index is 1.79. The van der Waals surface area contributed by atoms with Gasteiger partial charge < -0.3 is 9.67 Å². The van der Waals surface area contributed by atoms with Gasteiger partial charge in [0.1, 0.15) is 5.82 Å². The second-order valence-corrected chi connectivity index (χ2v) is 5.64. The van der Waals surface area contributed by atoms with E-state index in [0.29, 0.717) is 17.9 Å². The molecule has 0 fully saturated rings. The van der Waals surface area contributed by atoms with Crippen molar-refractivity contribution in [3.05, 3.63) is 64.9 Å². The van der Waals surface area contributed by atoms with Gasteiger partial charge in [-0.05, 0) is 23.8 Å². The van der Waals surface area contributed by atoms with Crippen LogP contribution in [0.1, 0.15) is 11.4 Å². The molecule has 0 spiro atoms. The number of aliphatic hydroxyl groups excluding tert-OH is 1. The Morgan fingerprint density at radius 2 is 1.81 bits per heavy atom. The van der Waals surface area contributed by atoms with Gasteiger partial charge in [-0.3, -0.25) is 0 Å². The van der Waals surface area contributed by atoms with Gasteiger partial charge >= 0.3 is 0 Å². The first-order chi connectivity index (χ1) is 10.1. The van der Waals surface area contributed by atoms with Crippen molar-refractivity contribution in [2.45, 2.75) is 18.9 Å². The van der Waals surface area contributed by atoms with Crippen LogP contribution in [-0.4, -0.2) is 20.8 Å². The number of nitrogens with zero attached hydrogens (tertiary/aromatic N) is 2. The van der Waals surface area contributed by atoms with Crippen molar-refractivity contribution in [2.75, 3.05) is 0 Å². The minimum absolute atomic E-state index is 0.500. The average molecular weight is 301 g/mol. The fraction of sp³-hybridized carbons (Fsp3) is 0.235. The van der Waals surface area contributed by atoms with Crippen molar-refractivity contribution in [1.82, 2.24) is 9.55 Å². The van der Waals surface area contributed by atoms with E-state index in [1.54, 1.807) is 0 Å². The molecule has 4 heteroatoms. The number of rotatable bonds is 4. The van der Waals surface area contributed by atoms with Crippen LogP contribution in [0, 0.1) is 0 Å². The van der Waals surface area contributed by atoms with Crippen molar-refractivity contribution >= 4 is 22.6 Å². The normalized spacial score (nSPS) is 12.7. The molecule has 108 valence electrons. The summed E-state index contributed by atoms with van der Waals surface area (Å²) in [6.07, 6.45) is 0.541. The van der Waals surface area contributed by atoms with E-state index in [9.17, 15) is 5.11 Å². The third kappa shape index (κ3) is 2.94. The number of aliphatic hydroxyl groups is 1. The van der Waals surface area contributed by atoms with E-state index in [1.807, 2.05) is 60.1 Å². The third-order valence-electron chi connectivity index (χ3n) is 3.71. The van der Waals surface area contributed by atoms with Crippen molar-refractivity contribution < 1.29 is 5.11 Å². The lowest BCUT2D eigenvalue weighted by atomic mass is 10.1. The molecule has 0 saturated carbocycles. The summed E-state index contributed by atoms with van der Waals surface area (Å²) in [5.41, 5.74) is 3.00. The standard InChI is InChI=1S/C17H17ClN2O/c1-20-16-9-5-4-8-15(16)19-17(20)11-13(21)10-12-6-2-3-7-14(12)18/h2-9,13,21H,10-11H2,1H3. The summed E-state index contributed by atoms with van der Waals surface area (Å²) in [5, 5.41) is 11.0. The molecule has 0 aliphatic heterocycles. The Morgan fingerprint density at radius 1 is 1.10 bits per heavy atom. The molecule has 1 N–H and O–H groups in total. The Morgan fingerprint density at radius 3 is 2.57 bits per heavy atom. The third-order valence-corrected chi connectivity index (χ3v) is 4.08. The van der Waals surface area contributed by atoms with Crippen LogP contribution in [-0.2, 0) is 19.9 Å². The van der Waals surface area contributed by atoms with E-state index in [2.05, 4.69) is 4.98 Å². The summed E-state index contributed by atoms with van der Waals surface area (Å²) in [5.74, 6) is 0.885. The number of halogens is 1. The Hall–Kier alpha value is -1.84. The monoisotopic (exact) mass is 300 g/mol. The molecule has 0 aliphatic carbocycles. The highest BCUT2D eigenvalue weighted by Crippen LogP contribution is 2.19. The number of aromatic nitrogens is 2. The molecule has 1 aromatic heterocycles. The fourth-order valence-corrected chi connectivity index (χ4v) is 2.79. The summed E-state index contributed by atoms with van der Waals surface area (Å²) in [7, 11) is 1.98. The summed E-state index contributed by atoms with van der Waals surface area (Å²) in [4.78, 5) is 4.59. The molecule has 2 aromatic carbocycles. The molecular weight excluding hydrogens is 284 g/mol. The van der Waals surface area contributed by atoms with Gasteiger partial charge in [0.2, 0.25) is 0 Å². The maximum absolute atomic E-state index is 10.3. The van der Waals surface area contributed by atoms with E-state index >= 15 is 0 Å². The number of benzene rings is 2. The van der Waals surface area contributed by atoms with Crippen molar-refractivity contribution in [2.24, 2.45) is 7.05 Å². The van der Waals surface area contributed by atoms with E-state index in [4.69, 9.17) is 11.6 Å². The lowest BCUT2D eigenvalue weighted by Gasteiger charge is -2.11. The van der Waals surface area contributed by atoms with Crippen LogP contribution in [0.25, 0.3) is 11.0 Å². The van der Waals surface area contributed by atoms with Crippen LogP contribution in [0.5, 0.6) is 0 Å².